The number of carbonyl (C=O) groups excluding carboxylic acids is 1. The molecule has 0 amide bonds. The van der Waals surface area contributed by atoms with Gasteiger partial charge in [-0.15, -0.1) is 0 Å². The van der Waals surface area contributed by atoms with Crippen molar-refractivity contribution in [2.24, 2.45) is 5.41 Å². The third-order valence-corrected chi connectivity index (χ3v) is 5.57. The van der Waals surface area contributed by atoms with Gasteiger partial charge in [-0.2, -0.15) is 5.10 Å². The summed E-state index contributed by atoms with van der Waals surface area (Å²) in [5.41, 5.74) is 5.77. The van der Waals surface area contributed by atoms with Crippen LogP contribution >= 0.6 is 0 Å². The molecule has 1 heterocycles. The summed E-state index contributed by atoms with van der Waals surface area (Å²) < 4.78 is 2.08. The SMILES string of the molecule is CC(=O)c1cccc(CNC2CC(C)(C)Cc3c2cnn3-c2ccccc2)c1. The van der Waals surface area contributed by atoms with Gasteiger partial charge < -0.3 is 5.32 Å². The Kier molecular flexibility index (Phi) is 4.90. The zero-order valence-electron chi connectivity index (χ0n) is 16.8. The lowest BCUT2D eigenvalue weighted by Crippen LogP contribution is -2.33. The monoisotopic (exact) mass is 373 g/mol. The smallest absolute Gasteiger partial charge is 0.159 e. The molecule has 2 aromatic carbocycles. The van der Waals surface area contributed by atoms with Gasteiger partial charge in [-0.05, 0) is 48.9 Å². The summed E-state index contributed by atoms with van der Waals surface area (Å²) in [5.74, 6) is 0.104. The molecule has 1 aliphatic rings. The first kappa shape index (κ1) is 18.6. The van der Waals surface area contributed by atoms with Crippen LogP contribution in [-0.4, -0.2) is 15.6 Å². The lowest BCUT2D eigenvalue weighted by molar-refractivity contribution is 0.101. The number of hydrogen-bond acceptors (Lipinski definition) is 3. The zero-order valence-corrected chi connectivity index (χ0v) is 16.8. The largest absolute Gasteiger partial charge is 0.306 e. The number of carbonyl (C=O) groups is 1. The first-order valence-electron chi connectivity index (χ1n) is 9.88. The average Bonchev–Trinajstić information content (AvgIpc) is 3.09. The maximum Gasteiger partial charge on any atom is 0.159 e. The second-order valence-electron chi connectivity index (χ2n) is 8.53. The third kappa shape index (κ3) is 3.78. The van der Waals surface area contributed by atoms with Crippen LogP contribution in [0.3, 0.4) is 0 Å². The molecule has 28 heavy (non-hydrogen) atoms. The van der Waals surface area contributed by atoms with Crippen molar-refractivity contribution >= 4 is 5.78 Å². The summed E-state index contributed by atoms with van der Waals surface area (Å²) in [6.45, 7) is 6.99. The highest BCUT2D eigenvalue weighted by Crippen LogP contribution is 2.41. The fourth-order valence-corrected chi connectivity index (χ4v) is 4.16. The fourth-order valence-electron chi connectivity index (χ4n) is 4.16. The molecule has 4 rings (SSSR count). The van der Waals surface area contributed by atoms with Crippen LogP contribution in [0.1, 0.15) is 60.4 Å². The number of hydrogen-bond donors (Lipinski definition) is 1. The van der Waals surface area contributed by atoms with Crippen LogP contribution in [0.25, 0.3) is 5.69 Å². The maximum absolute atomic E-state index is 11.7. The van der Waals surface area contributed by atoms with E-state index in [0.717, 1.165) is 36.2 Å². The van der Waals surface area contributed by atoms with Crippen LogP contribution in [-0.2, 0) is 13.0 Å². The number of Topliss-reactive ketones (excluding diaryl/α,β-unsaturated/α-hetero) is 1. The summed E-state index contributed by atoms with van der Waals surface area (Å²) >= 11 is 0. The number of aromatic nitrogens is 2. The molecule has 1 aliphatic carbocycles. The molecular weight excluding hydrogens is 346 g/mol. The standard InChI is InChI=1S/C24H27N3O/c1-17(28)19-9-7-8-18(12-19)15-25-22-13-24(2,3)14-23-21(22)16-26-27(23)20-10-5-4-6-11-20/h4-12,16,22,25H,13-15H2,1-3H3. The molecule has 4 heteroatoms. The normalized spacial score (nSPS) is 17.9. The molecule has 3 aromatic rings. The lowest BCUT2D eigenvalue weighted by atomic mass is 9.74. The highest BCUT2D eigenvalue weighted by Gasteiger charge is 2.35. The van der Waals surface area contributed by atoms with E-state index in [1.165, 1.54) is 11.3 Å². The van der Waals surface area contributed by atoms with Gasteiger partial charge in [-0.1, -0.05) is 50.2 Å². The summed E-state index contributed by atoms with van der Waals surface area (Å²) in [6, 6.07) is 18.5. The summed E-state index contributed by atoms with van der Waals surface area (Å²) in [5, 5.41) is 8.42. The Balaban J connectivity index is 1.60. The molecule has 1 N–H and O–H groups in total. The van der Waals surface area contributed by atoms with Crippen LogP contribution in [0.15, 0.2) is 60.8 Å². The first-order valence-corrected chi connectivity index (χ1v) is 9.88. The number of benzene rings is 2. The Bertz CT molecular complexity index is 988. The average molecular weight is 374 g/mol. The van der Waals surface area contributed by atoms with Gasteiger partial charge in [0.25, 0.3) is 0 Å². The fraction of sp³-hybridized carbons (Fsp3) is 0.333. The predicted octanol–water partition coefficient (Wildman–Crippen LogP) is 4.88. The minimum Gasteiger partial charge on any atom is -0.306 e. The Hall–Kier alpha value is -2.72. The zero-order chi connectivity index (χ0) is 19.7. The van der Waals surface area contributed by atoms with Crippen LogP contribution in [0.5, 0.6) is 0 Å². The summed E-state index contributed by atoms with van der Waals surface area (Å²) in [4.78, 5) is 11.7. The molecule has 1 atom stereocenters. The van der Waals surface area contributed by atoms with Crippen LogP contribution in [0.2, 0.25) is 0 Å². The molecular formula is C24H27N3O. The van der Waals surface area contributed by atoms with E-state index in [1.807, 2.05) is 30.5 Å². The van der Waals surface area contributed by atoms with Gasteiger partial charge in [-0.3, -0.25) is 4.79 Å². The molecule has 0 bridgehead atoms. The molecule has 1 aromatic heterocycles. The van der Waals surface area contributed by atoms with Crippen LogP contribution < -0.4 is 5.32 Å². The van der Waals surface area contributed by atoms with Gasteiger partial charge in [0, 0.05) is 29.4 Å². The van der Waals surface area contributed by atoms with Gasteiger partial charge in [0.15, 0.2) is 5.78 Å². The van der Waals surface area contributed by atoms with Crippen LogP contribution in [0, 0.1) is 5.41 Å². The van der Waals surface area contributed by atoms with E-state index in [4.69, 9.17) is 5.10 Å². The second-order valence-corrected chi connectivity index (χ2v) is 8.53. The number of ketones is 1. The van der Waals surface area contributed by atoms with Gasteiger partial charge in [0.2, 0.25) is 0 Å². The second kappa shape index (κ2) is 7.36. The van der Waals surface area contributed by atoms with Gasteiger partial charge >= 0.3 is 0 Å². The molecule has 0 aliphatic heterocycles. The van der Waals surface area contributed by atoms with E-state index in [1.54, 1.807) is 6.92 Å². The van der Waals surface area contributed by atoms with Crippen molar-refractivity contribution in [2.45, 2.75) is 46.2 Å². The third-order valence-electron chi connectivity index (χ3n) is 5.57. The lowest BCUT2D eigenvalue weighted by Gasteiger charge is -2.36. The highest BCUT2D eigenvalue weighted by molar-refractivity contribution is 5.94. The van der Waals surface area contributed by atoms with Crippen LogP contribution in [0.4, 0.5) is 0 Å². The Morgan fingerprint density at radius 2 is 1.96 bits per heavy atom. The number of fused-ring (bicyclic) bond motifs is 1. The Morgan fingerprint density at radius 3 is 2.71 bits per heavy atom. The number of para-hydroxylation sites is 1. The van der Waals surface area contributed by atoms with Crippen molar-refractivity contribution in [3.63, 3.8) is 0 Å². The van der Waals surface area contributed by atoms with E-state index >= 15 is 0 Å². The van der Waals surface area contributed by atoms with E-state index in [-0.39, 0.29) is 17.2 Å². The number of rotatable bonds is 5. The maximum atomic E-state index is 11.7. The molecule has 0 saturated carbocycles. The van der Waals surface area contributed by atoms with Crippen molar-refractivity contribution in [3.05, 3.63) is 83.2 Å². The van der Waals surface area contributed by atoms with Gasteiger partial charge in [0.05, 0.1) is 11.9 Å². The van der Waals surface area contributed by atoms with Gasteiger partial charge in [0.1, 0.15) is 0 Å². The van der Waals surface area contributed by atoms with Crippen molar-refractivity contribution in [1.82, 2.24) is 15.1 Å². The Labute approximate surface area is 166 Å². The highest BCUT2D eigenvalue weighted by atomic mass is 16.1. The minimum absolute atomic E-state index is 0.104. The van der Waals surface area contributed by atoms with Gasteiger partial charge in [-0.25, -0.2) is 4.68 Å². The molecule has 144 valence electrons. The van der Waals surface area contributed by atoms with Crippen molar-refractivity contribution in [3.8, 4) is 5.69 Å². The predicted molar refractivity (Wildman–Crippen MR) is 112 cm³/mol. The van der Waals surface area contributed by atoms with Crippen molar-refractivity contribution in [1.29, 1.82) is 0 Å². The molecule has 1 unspecified atom stereocenters. The van der Waals surface area contributed by atoms with Crippen molar-refractivity contribution < 1.29 is 4.79 Å². The summed E-state index contributed by atoms with van der Waals surface area (Å²) in [6.07, 6.45) is 4.09. The summed E-state index contributed by atoms with van der Waals surface area (Å²) in [7, 11) is 0. The molecule has 0 fully saturated rings. The quantitative estimate of drug-likeness (QED) is 0.649. The number of nitrogens with one attached hydrogen (secondary N) is 1. The molecule has 0 saturated heterocycles. The molecule has 0 radical (unpaired) electrons. The topological polar surface area (TPSA) is 46.9 Å². The Morgan fingerprint density at radius 1 is 1.18 bits per heavy atom. The van der Waals surface area contributed by atoms with E-state index in [2.05, 4.69) is 54.2 Å². The molecule has 4 nitrogen and oxygen atoms in total. The number of nitrogens with zero attached hydrogens (tertiary/aromatic N) is 2. The van der Waals surface area contributed by atoms with E-state index in [9.17, 15) is 4.79 Å². The molecule has 0 spiro atoms. The van der Waals surface area contributed by atoms with Crippen molar-refractivity contribution in [2.75, 3.05) is 0 Å². The van der Waals surface area contributed by atoms with E-state index in [0.29, 0.717) is 0 Å². The van der Waals surface area contributed by atoms with E-state index < -0.39 is 0 Å². The first-order chi connectivity index (χ1) is 13.4. The minimum atomic E-state index is 0.104.